The molecule has 1 aliphatic carbocycles. The summed E-state index contributed by atoms with van der Waals surface area (Å²) in [7, 11) is 0. The zero-order valence-electron chi connectivity index (χ0n) is 11.4. The van der Waals surface area contributed by atoms with Crippen LogP contribution in [0.25, 0.3) is 0 Å². The molecule has 0 saturated heterocycles. The fourth-order valence-corrected chi connectivity index (χ4v) is 3.69. The van der Waals surface area contributed by atoms with Gasteiger partial charge in [-0.2, -0.15) is 0 Å². The Bertz CT molecular complexity index is 550. The zero-order chi connectivity index (χ0) is 15.4. The predicted molar refractivity (Wildman–Crippen MR) is 92.3 cm³/mol. The summed E-state index contributed by atoms with van der Waals surface area (Å²) < 4.78 is 1.74. The number of rotatable bonds is 4. The van der Waals surface area contributed by atoms with Gasteiger partial charge in [-0.1, -0.05) is 12.8 Å². The van der Waals surface area contributed by atoms with Crippen molar-refractivity contribution < 1.29 is 14.7 Å². The van der Waals surface area contributed by atoms with Crippen LogP contribution in [0.5, 0.6) is 0 Å². The van der Waals surface area contributed by atoms with Crippen molar-refractivity contribution in [2.45, 2.75) is 25.7 Å². The summed E-state index contributed by atoms with van der Waals surface area (Å²) in [6.07, 6.45) is 3.58. The van der Waals surface area contributed by atoms with Crippen molar-refractivity contribution in [2.24, 2.45) is 11.8 Å². The average molecular weight is 466 g/mol. The Morgan fingerprint density at radius 2 is 2.05 bits per heavy atom. The number of hydrogen-bond acceptors (Lipinski definition) is 2. The van der Waals surface area contributed by atoms with Crippen LogP contribution in [-0.4, -0.2) is 23.5 Å². The van der Waals surface area contributed by atoms with Crippen LogP contribution in [0.2, 0.25) is 0 Å². The fourth-order valence-electron chi connectivity index (χ4n) is 2.77. The molecule has 2 rings (SSSR count). The van der Waals surface area contributed by atoms with Crippen molar-refractivity contribution in [3.63, 3.8) is 0 Å². The summed E-state index contributed by atoms with van der Waals surface area (Å²) in [5, 5.41) is 12.1. The van der Waals surface area contributed by atoms with Gasteiger partial charge in [0, 0.05) is 14.6 Å². The van der Waals surface area contributed by atoms with Crippen molar-refractivity contribution >= 4 is 50.4 Å². The molecule has 4 nitrogen and oxygen atoms in total. The molecule has 2 atom stereocenters. The number of aliphatic carboxylic acids is 1. The SMILES string of the molecule is O=C(NCC1CCCCC1C(=O)O)c1cc(I)ccc1Br. The van der Waals surface area contributed by atoms with Crippen LogP contribution in [-0.2, 0) is 4.79 Å². The number of amides is 1. The van der Waals surface area contributed by atoms with E-state index in [4.69, 9.17) is 0 Å². The van der Waals surface area contributed by atoms with E-state index in [1.807, 2.05) is 18.2 Å². The lowest BCUT2D eigenvalue weighted by Gasteiger charge is -2.28. The first-order valence-electron chi connectivity index (χ1n) is 6.95. The van der Waals surface area contributed by atoms with Crippen molar-refractivity contribution in [3.8, 4) is 0 Å². The first-order chi connectivity index (χ1) is 9.99. The summed E-state index contributed by atoms with van der Waals surface area (Å²) in [5.41, 5.74) is 0.588. The van der Waals surface area contributed by atoms with Gasteiger partial charge >= 0.3 is 5.97 Å². The van der Waals surface area contributed by atoms with Gasteiger partial charge in [-0.25, -0.2) is 0 Å². The van der Waals surface area contributed by atoms with Crippen molar-refractivity contribution in [2.75, 3.05) is 6.54 Å². The fraction of sp³-hybridized carbons (Fsp3) is 0.467. The van der Waals surface area contributed by atoms with Gasteiger partial charge in [0.1, 0.15) is 0 Å². The maximum absolute atomic E-state index is 12.2. The summed E-state index contributed by atoms with van der Waals surface area (Å²) in [6.45, 7) is 0.424. The highest BCUT2D eigenvalue weighted by Crippen LogP contribution is 2.30. The quantitative estimate of drug-likeness (QED) is 0.666. The highest BCUT2D eigenvalue weighted by atomic mass is 127. The molecule has 0 spiro atoms. The van der Waals surface area contributed by atoms with Crippen LogP contribution in [0.4, 0.5) is 0 Å². The Kier molecular flexibility index (Phi) is 6.04. The van der Waals surface area contributed by atoms with E-state index >= 15 is 0 Å². The van der Waals surface area contributed by atoms with E-state index in [2.05, 4.69) is 43.8 Å². The highest BCUT2D eigenvalue weighted by molar-refractivity contribution is 14.1. The van der Waals surface area contributed by atoms with Crippen LogP contribution in [0, 0.1) is 15.4 Å². The standard InChI is InChI=1S/C15H17BrINO3/c16-13-6-5-10(17)7-12(13)14(19)18-8-9-3-1-2-4-11(9)15(20)21/h5-7,9,11H,1-4,8H2,(H,18,19)(H,20,21). The summed E-state index contributed by atoms with van der Waals surface area (Å²) >= 11 is 5.53. The molecule has 2 unspecified atom stereocenters. The van der Waals surface area contributed by atoms with E-state index in [1.54, 1.807) is 0 Å². The van der Waals surface area contributed by atoms with E-state index in [-0.39, 0.29) is 17.7 Å². The highest BCUT2D eigenvalue weighted by Gasteiger charge is 2.30. The summed E-state index contributed by atoms with van der Waals surface area (Å²) in [4.78, 5) is 23.5. The molecule has 1 saturated carbocycles. The van der Waals surface area contributed by atoms with Gasteiger partial charge in [0.15, 0.2) is 0 Å². The first kappa shape index (κ1) is 16.7. The molecule has 1 aliphatic rings. The molecule has 0 aliphatic heterocycles. The minimum absolute atomic E-state index is 0.0294. The van der Waals surface area contributed by atoms with Gasteiger partial charge in [-0.3, -0.25) is 9.59 Å². The minimum atomic E-state index is -0.746. The first-order valence-corrected chi connectivity index (χ1v) is 8.82. The maximum Gasteiger partial charge on any atom is 0.306 e. The largest absolute Gasteiger partial charge is 0.481 e. The molecule has 2 N–H and O–H groups in total. The monoisotopic (exact) mass is 465 g/mol. The zero-order valence-corrected chi connectivity index (χ0v) is 15.2. The van der Waals surface area contributed by atoms with Crippen LogP contribution in [0.15, 0.2) is 22.7 Å². The van der Waals surface area contributed by atoms with Gasteiger partial charge in [0.25, 0.3) is 5.91 Å². The number of hydrogen-bond donors (Lipinski definition) is 2. The molecule has 1 aromatic carbocycles. The Morgan fingerprint density at radius 1 is 1.33 bits per heavy atom. The molecule has 1 fully saturated rings. The Labute approximate surface area is 146 Å². The molecule has 0 aromatic heterocycles. The lowest BCUT2D eigenvalue weighted by atomic mass is 9.79. The number of nitrogens with one attached hydrogen (secondary N) is 1. The van der Waals surface area contributed by atoms with Crippen molar-refractivity contribution in [1.82, 2.24) is 5.32 Å². The second kappa shape index (κ2) is 7.58. The number of carbonyl (C=O) groups is 2. The van der Waals surface area contributed by atoms with Gasteiger partial charge in [0.2, 0.25) is 0 Å². The molecule has 114 valence electrons. The van der Waals surface area contributed by atoms with Crippen LogP contribution < -0.4 is 5.32 Å². The number of carbonyl (C=O) groups excluding carboxylic acids is 1. The van der Waals surface area contributed by atoms with Crippen LogP contribution >= 0.6 is 38.5 Å². The molecule has 6 heteroatoms. The third-order valence-corrected chi connectivity index (χ3v) is 5.29. The van der Waals surface area contributed by atoms with E-state index in [0.29, 0.717) is 18.5 Å². The summed E-state index contributed by atoms with van der Waals surface area (Å²) in [6, 6.07) is 5.58. The van der Waals surface area contributed by atoms with Gasteiger partial charge in [0.05, 0.1) is 11.5 Å². The second-order valence-corrected chi connectivity index (χ2v) is 7.42. The number of carboxylic acid groups (broad SMARTS) is 1. The lowest BCUT2D eigenvalue weighted by molar-refractivity contribution is -0.144. The number of carboxylic acids is 1. The maximum atomic E-state index is 12.2. The average Bonchev–Trinajstić information content (AvgIpc) is 2.47. The van der Waals surface area contributed by atoms with E-state index in [9.17, 15) is 14.7 Å². The third kappa shape index (κ3) is 4.42. The minimum Gasteiger partial charge on any atom is -0.481 e. The third-order valence-electron chi connectivity index (χ3n) is 3.92. The smallest absolute Gasteiger partial charge is 0.306 e. The molecular formula is C15H17BrINO3. The van der Waals surface area contributed by atoms with E-state index < -0.39 is 5.97 Å². The topological polar surface area (TPSA) is 66.4 Å². The predicted octanol–water partition coefficient (Wildman–Crippen LogP) is 3.67. The van der Waals surface area contributed by atoms with Gasteiger partial charge in [-0.05, 0) is 75.5 Å². The molecule has 21 heavy (non-hydrogen) atoms. The number of benzene rings is 1. The second-order valence-electron chi connectivity index (χ2n) is 5.32. The molecule has 0 heterocycles. The molecule has 0 bridgehead atoms. The normalized spacial score (nSPS) is 21.8. The molecule has 1 aromatic rings. The lowest BCUT2D eigenvalue weighted by Crippen LogP contribution is -2.37. The Morgan fingerprint density at radius 3 is 2.76 bits per heavy atom. The van der Waals surface area contributed by atoms with Crippen molar-refractivity contribution in [1.29, 1.82) is 0 Å². The van der Waals surface area contributed by atoms with Gasteiger partial charge < -0.3 is 10.4 Å². The molecule has 1 amide bonds. The van der Waals surface area contributed by atoms with Gasteiger partial charge in [-0.15, -0.1) is 0 Å². The summed E-state index contributed by atoms with van der Waals surface area (Å²) in [5.74, 6) is -1.21. The number of halogens is 2. The van der Waals surface area contributed by atoms with Crippen molar-refractivity contribution in [3.05, 3.63) is 31.8 Å². The van der Waals surface area contributed by atoms with E-state index in [1.165, 1.54) is 0 Å². The van der Waals surface area contributed by atoms with E-state index in [0.717, 1.165) is 27.3 Å². The Balaban J connectivity index is 1.99. The van der Waals surface area contributed by atoms with Crippen LogP contribution in [0.1, 0.15) is 36.0 Å². The molecule has 0 radical (unpaired) electrons. The van der Waals surface area contributed by atoms with Crippen LogP contribution in [0.3, 0.4) is 0 Å². The Hall–Kier alpha value is -0.630. The molecular weight excluding hydrogens is 449 g/mol.